The van der Waals surface area contributed by atoms with Crippen LogP contribution in [-0.2, 0) is 54.6 Å². The summed E-state index contributed by atoms with van der Waals surface area (Å²) in [7, 11) is 1.60. The maximum absolute atomic E-state index is 13.0. The first-order valence-corrected chi connectivity index (χ1v) is 42.6. The van der Waals surface area contributed by atoms with Crippen LogP contribution in [0.2, 0.25) is 0 Å². The van der Waals surface area contributed by atoms with Crippen molar-refractivity contribution in [3.8, 4) is 33.8 Å². The molecule has 9 aromatic heterocycles. The van der Waals surface area contributed by atoms with Gasteiger partial charge in [-0.05, 0) is 202 Å². The number of ketones is 3. The number of hydrogen-bond donors (Lipinski definition) is 6. The van der Waals surface area contributed by atoms with Crippen molar-refractivity contribution >= 4 is 69.1 Å². The first-order chi connectivity index (χ1) is 59.5. The highest BCUT2D eigenvalue weighted by Crippen LogP contribution is 2.61. The van der Waals surface area contributed by atoms with Crippen LogP contribution in [0, 0.1) is 20.8 Å². The molecule has 1 saturated heterocycles. The molecule has 9 N–H and O–H groups in total. The number of rotatable bonds is 25. The van der Waals surface area contributed by atoms with Crippen LogP contribution in [0.15, 0.2) is 202 Å². The van der Waals surface area contributed by atoms with Crippen molar-refractivity contribution in [3.05, 3.63) is 270 Å². The predicted octanol–water partition coefficient (Wildman–Crippen LogP) is 13.6. The summed E-state index contributed by atoms with van der Waals surface area (Å²) >= 11 is 0. The Morgan fingerprint density at radius 3 is 1.05 bits per heavy atom. The van der Waals surface area contributed by atoms with Gasteiger partial charge in [0.05, 0.1) is 25.9 Å². The third-order valence-corrected chi connectivity index (χ3v) is 26.8. The summed E-state index contributed by atoms with van der Waals surface area (Å²) < 4.78 is 11.3. The summed E-state index contributed by atoms with van der Waals surface area (Å²) in [5.41, 5.74) is 32.7. The quantitative estimate of drug-likeness (QED) is 0.0229. The molecule has 7 fully saturated rings. The van der Waals surface area contributed by atoms with Gasteiger partial charge in [-0.1, -0.05) is 91.5 Å². The van der Waals surface area contributed by atoms with Crippen LogP contribution < -0.4 is 33.2 Å². The molecule has 3 aromatic carbocycles. The van der Waals surface area contributed by atoms with Gasteiger partial charge in [-0.15, -0.1) is 0 Å². The molecule has 19 rings (SSSR count). The van der Waals surface area contributed by atoms with E-state index in [1.807, 2.05) is 155 Å². The second kappa shape index (κ2) is 33.7. The average Bonchev–Trinajstić information content (AvgIpc) is 1.56. The minimum Gasteiger partial charge on any atom is -0.382 e. The van der Waals surface area contributed by atoms with Gasteiger partial charge < -0.3 is 37.9 Å². The molecule has 123 heavy (non-hydrogen) atoms. The Hall–Kier alpha value is -13.1. The van der Waals surface area contributed by atoms with E-state index in [0.29, 0.717) is 40.8 Å². The lowest BCUT2D eigenvalue weighted by molar-refractivity contribution is -0.119. The number of pyridine rings is 3. The van der Waals surface area contributed by atoms with Crippen LogP contribution in [0.5, 0.6) is 0 Å². The van der Waals surface area contributed by atoms with E-state index in [9.17, 15) is 28.8 Å². The Labute approximate surface area is 713 Å². The van der Waals surface area contributed by atoms with Crippen molar-refractivity contribution in [1.82, 2.24) is 78.9 Å². The molecule has 6 saturated carbocycles. The number of carbonyl (C=O) groups excluding carboxylic acids is 6. The summed E-state index contributed by atoms with van der Waals surface area (Å²) in [6.45, 7) is 13.1. The lowest BCUT2D eigenvalue weighted by atomic mass is 9.83. The van der Waals surface area contributed by atoms with E-state index in [1.54, 1.807) is 62.5 Å². The number of methoxy groups -OCH3 is 1. The first-order valence-electron chi connectivity index (χ1n) is 42.6. The number of ether oxygens (including phenoxy) is 1. The van der Waals surface area contributed by atoms with Crippen LogP contribution in [0.1, 0.15) is 191 Å². The Morgan fingerprint density at radius 1 is 0.423 bits per heavy atom. The zero-order valence-corrected chi connectivity index (χ0v) is 70.1. The van der Waals surface area contributed by atoms with E-state index in [4.69, 9.17) is 36.9 Å². The van der Waals surface area contributed by atoms with Gasteiger partial charge in [-0.2, -0.15) is 0 Å². The summed E-state index contributed by atoms with van der Waals surface area (Å²) in [5.74, 6) is 3.93. The lowest BCUT2D eigenvalue weighted by Gasteiger charge is -2.28. The molecule has 7 aliphatic rings. The number of nitrogens with one attached hydrogen (secondary N) is 3. The Balaban J connectivity index is 0.000000131. The smallest absolute Gasteiger partial charge is 0.244 e. The fourth-order valence-corrected chi connectivity index (χ4v) is 20.7. The van der Waals surface area contributed by atoms with Crippen LogP contribution in [-0.4, -0.2) is 148 Å². The van der Waals surface area contributed by atoms with Crippen molar-refractivity contribution in [2.45, 2.75) is 182 Å². The molecule has 26 nitrogen and oxygen atoms in total. The highest BCUT2D eigenvalue weighted by molar-refractivity contribution is 6.00. The van der Waals surface area contributed by atoms with Crippen molar-refractivity contribution in [2.75, 3.05) is 50.6 Å². The van der Waals surface area contributed by atoms with Gasteiger partial charge in [0.15, 0.2) is 17.3 Å². The number of aromatic nitrogens is 12. The number of aryl methyl sites for hydroxylation is 3. The molecule has 6 aliphatic carbocycles. The fraction of sp³-hybridized carbons (Fsp3) is 0.351. The zero-order chi connectivity index (χ0) is 85.4. The molecule has 0 spiro atoms. The van der Waals surface area contributed by atoms with E-state index >= 15 is 0 Å². The predicted molar refractivity (Wildman–Crippen MR) is 472 cm³/mol. The molecule has 628 valence electrons. The highest BCUT2D eigenvalue weighted by atomic mass is 16.5. The number of fused-ring (bicyclic) bond motifs is 9. The Morgan fingerprint density at radius 2 is 0.740 bits per heavy atom. The van der Waals surface area contributed by atoms with Crippen molar-refractivity contribution in [2.24, 2.45) is 0 Å². The van der Waals surface area contributed by atoms with Gasteiger partial charge in [-0.25, -0.2) is 29.9 Å². The van der Waals surface area contributed by atoms with Crippen molar-refractivity contribution in [3.63, 3.8) is 0 Å². The molecule has 0 radical (unpaired) electrons. The molecule has 6 bridgehead atoms. The number of carbonyl (C=O) groups is 6. The molecule has 3 amide bonds. The number of benzene rings is 3. The second-order valence-electron chi connectivity index (χ2n) is 35.1. The van der Waals surface area contributed by atoms with Crippen LogP contribution in [0.3, 0.4) is 0 Å². The van der Waals surface area contributed by atoms with E-state index in [0.717, 1.165) is 218 Å². The molecule has 0 unspecified atom stereocenters. The lowest BCUT2D eigenvalue weighted by Crippen LogP contribution is -2.44. The monoisotopic (exact) mass is 1650 g/mol. The van der Waals surface area contributed by atoms with E-state index < -0.39 is 0 Å². The van der Waals surface area contributed by atoms with E-state index in [-0.39, 0.29) is 87.2 Å². The molecule has 0 atom stereocenters. The van der Waals surface area contributed by atoms with Gasteiger partial charge in [0, 0.05) is 165 Å². The Bertz CT molecular complexity index is 6150. The van der Waals surface area contributed by atoms with Gasteiger partial charge in [0.2, 0.25) is 17.7 Å². The highest BCUT2D eigenvalue weighted by Gasteiger charge is 2.60. The molecule has 12 aromatic rings. The molecular formula is C97H103N19O7. The first kappa shape index (κ1) is 82.3. The van der Waals surface area contributed by atoms with Gasteiger partial charge in [0.1, 0.15) is 68.6 Å². The summed E-state index contributed by atoms with van der Waals surface area (Å²) in [6, 6.07) is 34.2. The number of Topliss-reactive ketones (excluding diaryl/α,β-unsaturated/α-hetero) is 3. The average molecular weight is 1650 g/mol. The molecular weight excluding hydrogens is 1540 g/mol. The van der Waals surface area contributed by atoms with E-state index in [2.05, 4.69) is 70.5 Å². The SMILES string of the molecule is C=CC(=O)NC12CCC(c3nc(-c4ccc(C(=O)Cc5cc(C)ccn5)cc4)c4c(N)nccn34)(CC1)C2.COC/C=C/C(=O)NC12CCC(c3nc(-c4ccc(C(=O)Cc5cc(C)ccn5)cc4)c4c(N)nccn34)(CC1)C2.Cc1ccnc(CC(=O)c2ccc(-c3nc(C45CCC(NC(=O)/C=C/CN6CCCC6)(CC4)C5)n4ccnc(N)c34)cc2)c1. The normalized spacial score (nSPS) is 22.3. The van der Waals surface area contributed by atoms with Crippen molar-refractivity contribution in [1.29, 1.82) is 0 Å². The number of amides is 3. The van der Waals surface area contributed by atoms with Gasteiger partial charge in [-0.3, -0.25) is 61.8 Å². The molecule has 10 heterocycles. The number of hydrogen-bond acceptors (Lipinski definition) is 20. The molecule has 26 heteroatoms. The van der Waals surface area contributed by atoms with Crippen LogP contribution in [0.25, 0.3) is 50.3 Å². The Kier molecular flexibility index (Phi) is 22.6. The van der Waals surface area contributed by atoms with Gasteiger partial charge in [0.25, 0.3) is 0 Å². The number of likely N-dealkylation sites (tertiary alicyclic amines) is 1. The number of nitrogens with two attached hydrogens (primary N) is 3. The number of nitrogen functional groups attached to an aromatic ring is 3. The maximum atomic E-state index is 13.0. The maximum Gasteiger partial charge on any atom is 0.244 e. The third-order valence-electron chi connectivity index (χ3n) is 26.8. The number of imidazole rings is 3. The molecule has 1 aliphatic heterocycles. The minimum atomic E-state index is -0.243. The number of nitrogens with zero attached hydrogens (tertiary/aromatic N) is 13. The standard InChI is InChI=1S/C35H39N7O2.C32H34N6O3.C30H30N6O2/c1-24-10-15-37-27(21-24)22-28(43)25-6-8-26(9-7-25)30-31-32(36)38-16-20-42(31)33(39-30)34-11-13-35(23-34,14-12-34)40-29(44)5-4-19-41-17-2-3-18-41;1-21-9-14-34-24(18-21)19-25(39)22-5-7-23(8-6-22)27-28-29(33)35-15-16-38(28)30(36-27)31-10-12-32(20-31,13-11-31)37-26(40)4-3-17-41-2;1-3-24(38)35-30-11-9-29(18-30,10-12-30)28-34-25(26-27(31)33-14-15-36(26)28)21-6-4-20(5-7-21)23(37)17-22-16-19(2)8-13-32-22/h4-10,15-16,20-21H,2-3,11-14,17-19,22-23H2,1H3,(H2,36,38)(H,40,44);3-9,14-16,18H,10-13,17,19-20H2,1-2H3,(H2,33,35)(H,37,40);3-8,13-16H,1,9-12,17-18H2,2H3,(H2,31,33)(H,35,38)/b5-4+;4-3+;. The second-order valence-corrected chi connectivity index (χ2v) is 35.1. The van der Waals surface area contributed by atoms with Crippen molar-refractivity contribution < 1.29 is 33.5 Å². The van der Waals surface area contributed by atoms with Crippen LogP contribution in [0.4, 0.5) is 17.5 Å². The fourth-order valence-electron chi connectivity index (χ4n) is 20.7. The van der Waals surface area contributed by atoms with E-state index in [1.165, 1.54) is 18.9 Å². The topological polar surface area (TPSA) is 358 Å². The largest absolute Gasteiger partial charge is 0.382 e. The summed E-state index contributed by atoms with van der Waals surface area (Å²) in [5, 5.41) is 9.86. The third kappa shape index (κ3) is 16.6. The minimum absolute atomic E-state index is 0.00294. The summed E-state index contributed by atoms with van der Waals surface area (Å²) in [6.07, 6.45) is 41.3. The summed E-state index contributed by atoms with van der Waals surface area (Å²) in [4.78, 5) is 121. The van der Waals surface area contributed by atoms with Crippen LogP contribution >= 0.6 is 0 Å². The number of anilines is 3. The van der Waals surface area contributed by atoms with Gasteiger partial charge >= 0.3 is 0 Å². The zero-order valence-electron chi connectivity index (χ0n) is 70.1.